The Labute approximate surface area is 184 Å². The molecule has 0 heterocycles. The Kier molecular flexibility index (Phi) is 12.1. The summed E-state index contributed by atoms with van der Waals surface area (Å²) in [5, 5.41) is 6.81. The van der Waals surface area contributed by atoms with Gasteiger partial charge in [-0.05, 0) is 56.5 Å². The van der Waals surface area contributed by atoms with Crippen molar-refractivity contribution in [3.05, 3.63) is 35.4 Å². The molecule has 0 saturated carbocycles. The zero-order valence-corrected chi connectivity index (χ0v) is 20.2. The molecule has 0 fully saturated rings. The van der Waals surface area contributed by atoms with Crippen LogP contribution in [0.4, 0.5) is 0 Å². The lowest BCUT2D eigenvalue weighted by Gasteiger charge is -2.30. The fourth-order valence-corrected chi connectivity index (χ4v) is 3.60. The molecule has 0 saturated heterocycles. The highest BCUT2D eigenvalue weighted by molar-refractivity contribution is 5.94. The molecule has 30 heavy (non-hydrogen) atoms. The molecule has 6 nitrogen and oxygen atoms in total. The van der Waals surface area contributed by atoms with Crippen LogP contribution >= 0.6 is 0 Å². The standard InChI is InChI=1S/C24H43N5O/c1-8-25-24(27-18-22(16-19(4)5)29(9-2)10-3)26-15-14-20-12-11-13-21(17-20)23(30)28(6)7/h11-13,17,19,22H,8-10,14-16,18H2,1-7H3,(H2,25,26,27). The first kappa shape index (κ1) is 26.0. The highest BCUT2D eigenvalue weighted by Gasteiger charge is 2.17. The number of likely N-dealkylation sites (N-methyl/N-ethyl adjacent to an activating group) is 1. The lowest BCUT2D eigenvalue weighted by molar-refractivity contribution is 0.0827. The average Bonchev–Trinajstić information content (AvgIpc) is 2.71. The van der Waals surface area contributed by atoms with E-state index in [1.54, 1.807) is 19.0 Å². The summed E-state index contributed by atoms with van der Waals surface area (Å²) in [7, 11) is 3.56. The second kappa shape index (κ2) is 14.0. The Morgan fingerprint density at radius 3 is 2.37 bits per heavy atom. The van der Waals surface area contributed by atoms with Crippen LogP contribution in [-0.4, -0.2) is 74.5 Å². The fraction of sp³-hybridized carbons (Fsp3) is 0.667. The Morgan fingerprint density at radius 1 is 1.10 bits per heavy atom. The van der Waals surface area contributed by atoms with Crippen LogP contribution in [0.25, 0.3) is 0 Å². The van der Waals surface area contributed by atoms with Crippen molar-refractivity contribution >= 4 is 11.9 Å². The number of rotatable bonds is 12. The van der Waals surface area contributed by atoms with Crippen LogP contribution in [-0.2, 0) is 6.42 Å². The zero-order chi connectivity index (χ0) is 22.5. The van der Waals surface area contributed by atoms with Gasteiger partial charge in [0, 0.05) is 38.8 Å². The molecule has 0 spiro atoms. The van der Waals surface area contributed by atoms with Crippen LogP contribution in [0.3, 0.4) is 0 Å². The van der Waals surface area contributed by atoms with Crippen molar-refractivity contribution in [3.63, 3.8) is 0 Å². The van der Waals surface area contributed by atoms with Gasteiger partial charge in [0.25, 0.3) is 5.91 Å². The van der Waals surface area contributed by atoms with E-state index in [9.17, 15) is 4.79 Å². The first-order chi connectivity index (χ1) is 14.3. The Morgan fingerprint density at radius 2 is 1.80 bits per heavy atom. The first-order valence-electron chi connectivity index (χ1n) is 11.4. The maximum absolute atomic E-state index is 12.2. The second-order valence-electron chi connectivity index (χ2n) is 8.30. The number of hydrogen-bond acceptors (Lipinski definition) is 3. The molecule has 1 amide bonds. The smallest absolute Gasteiger partial charge is 0.253 e. The zero-order valence-electron chi connectivity index (χ0n) is 20.2. The van der Waals surface area contributed by atoms with Gasteiger partial charge in [-0.2, -0.15) is 0 Å². The SMILES string of the molecule is CCNC(=NCC(CC(C)C)N(CC)CC)NCCc1cccc(C(=O)N(C)C)c1. The van der Waals surface area contributed by atoms with Crippen LogP contribution in [0.2, 0.25) is 0 Å². The fourth-order valence-electron chi connectivity index (χ4n) is 3.60. The lowest BCUT2D eigenvalue weighted by atomic mass is 10.0. The van der Waals surface area contributed by atoms with Gasteiger partial charge in [0.15, 0.2) is 5.96 Å². The van der Waals surface area contributed by atoms with Gasteiger partial charge < -0.3 is 15.5 Å². The number of carbonyl (C=O) groups excluding carboxylic acids is 1. The molecular formula is C24H43N5O. The molecule has 0 aliphatic heterocycles. The van der Waals surface area contributed by atoms with Crippen LogP contribution in [0, 0.1) is 5.92 Å². The summed E-state index contributed by atoms with van der Waals surface area (Å²) in [5.74, 6) is 1.55. The van der Waals surface area contributed by atoms with Crippen LogP contribution < -0.4 is 10.6 Å². The van der Waals surface area contributed by atoms with Gasteiger partial charge in [0.1, 0.15) is 0 Å². The molecule has 1 rings (SSSR count). The third-order valence-corrected chi connectivity index (χ3v) is 5.16. The number of nitrogens with one attached hydrogen (secondary N) is 2. The van der Waals surface area contributed by atoms with E-state index in [0.717, 1.165) is 62.7 Å². The van der Waals surface area contributed by atoms with Gasteiger partial charge in [-0.1, -0.05) is 39.8 Å². The number of nitrogens with zero attached hydrogens (tertiary/aromatic N) is 3. The normalized spacial score (nSPS) is 12.9. The minimum Gasteiger partial charge on any atom is -0.357 e. The number of carbonyl (C=O) groups is 1. The van der Waals surface area contributed by atoms with E-state index in [0.29, 0.717) is 12.0 Å². The van der Waals surface area contributed by atoms with Crippen molar-refractivity contribution in [1.82, 2.24) is 20.4 Å². The minimum atomic E-state index is 0.0345. The summed E-state index contributed by atoms with van der Waals surface area (Å²) in [6.07, 6.45) is 1.99. The molecule has 0 aliphatic rings. The van der Waals surface area contributed by atoms with Gasteiger partial charge in [0.05, 0.1) is 6.54 Å². The van der Waals surface area contributed by atoms with Crippen molar-refractivity contribution in [1.29, 1.82) is 0 Å². The predicted molar refractivity (Wildman–Crippen MR) is 128 cm³/mol. The number of hydrogen-bond donors (Lipinski definition) is 2. The first-order valence-corrected chi connectivity index (χ1v) is 11.4. The molecule has 0 bridgehead atoms. The van der Waals surface area contributed by atoms with Gasteiger partial charge in [0.2, 0.25) is 0 Å². The van der Waals surface area contributed by atoms with E-state index < -0.39 is 0 Å². The predicted octanol–water partition coefficient (Wildman–Crippen LogP) is 3.24. The molecule has 0 radical (unpaired) electrons. The van der Waals surface area contributed by atoms with Gasteiger partial charge in [-0.15, -0.1) is 0 Å². The summed E-state index contributed by atoms with van der Waals surface area (Å²) in [6, 6.07) is 8.33. The summed E-state index contributed by atoms with van der Waals surface area (Å²) in [4.78, 5) is 21.2. The lowest BCUT2D eigenvalue weighted by Crippen LogP contribution is -2.42. The maximum Gasteiger partial charge on any atom is 0.253 e. The number of amides is 1. The summed E-state index contributed by atoms with van der Waals surface area (Å²) in [6.45, 7) is 15.6. The third-order valence-electron chi connectivity index (χ3n) is 5.16. The van der Waals surface area contributed by atoms with E-state index in [4.69, 9.17) is 4.99 Å². The quantitative estimate of drug-likeness (QED) is 0.405. The van der Waals surface area contributed by atoms with Crippen molar-refractivity contribution < 1.29 is 4.79 Å². The van der Waals surface area contributed by atoms with E-state index in [1.807, 2.05) is 18.2 Å². The van der Waals surface area contributed by atoms with Crippen molar-refractivity contribution in [2.75, 3.05) is 46.8 Å². The molecule has 0 aromatic heterocycles. The van der Waals surface area contributed by atoms with E-state index in [-0.39, 0.29) is 5.91 Å². The van der Waals surface area contributed by atoms with Crippen LogP contribution in [0.15, 0.2) is 29.3 Å². The molecular weight excluding hydrogens is 374 g/mol. The molecule has 1 aromatic carbocycles. The number of aliphatic imine (C=N–C) groups is 1. The van der Waals surface area contributed by atoms with Gasteiger partial charge in [-0.25, -0.2) is 0 Å². The molecule has 1 atom stereocenters. The Hall–Kier alpha value is -2.08. The highest BCUT2D eigenvalue weighted by atomic mass is 16.2. The molecule has 170 valence electrons. The Bertz CT molecular complexity index is 653. The monoisotopic (exact) mass is 417 g/mol. The summed E-state index contributed by atoms with van der Waals surface area (Å²) >= 11 is 0. The highest BCUT2D eigenvalue weighted by Crippen LogP contribution is 2.12. The van der Waals surface area contributed by atoms with E-state index in [2.05, 4.69) is 56.2 Å². The number of benzene rings is 1. The minimum absolute atomic E-state index is 0.0345. The molecule has 2 N–H and O–H groups in total. The third kappa shape index (κ3) is 9.16. The van der Waals surface area contributed by atoms with Crippen molar-refractivity contribution in [2.24, 2.45) is 10.9 Å². The van der Waals surface area contributed by atoms with Crippen molar-refractivity contribution in [2.45, 2.75) is 53.5 Å². The molecule has 1 aromatic rings. The van der Waals surface area contributed by atoms with Gasteiger partial charge in [-0.3, -0.25) is 14.7 Å². The summed E-state index contributed by atoms with van der Waals surface area (Å²) < 4.78 is 0. The van der Waals surface area contributed by atoms with Crippen LogP contribution in [0.1, 0.15) is 57.0 Å². The van der Waals surface area contributed by atoms with E-state index >= 15 is 0 Å². The molecule has 1 unspecified atom stereocenters. The summed E-state index contributed by atoms with van der Waals surface area (Å²) in [5.41, 5.74) is 1.88. The van der Waals surface area contributed by atoms with Crippen LogP contribution in [0.5, 0.6) is 0 Å². The number of guanidine groups is 1. The van der Waals surface area contributed by atoms with E-state index in [1.165, 1.54) is 0 Å². The largest absolute Gasteiger partial charge is 0.357 e. The average molecular weight is 418 g/mol. The molecule has 0 aliphatic carbocycles. The van der Waals surface area contributed by atoms with Crippen molar-refractivity contribution in [3.8, 4) is 0 Å². The maximum atomic E-state index is 12.2. The van der Waals surface area contributed by atoms with Gasteiger partial charge >= 0.3 is 0 Å². The Balaban J connectivity index is 2.72. The second-order valence-corrected chi connectivity index (χ2v) is 8.30. The molecule has 6 heteroatoms. The topological polar surface area (TPSA) is 60.0 Å².